The molecular formula is C44H65N3O6S. The maximum atomic E-state index is 14.0. The van der Waals surface area contributed by atoms with Gasteiger partial charge in [0, 0.05) is 29.2 Å². The molecule has 0 bridgehead atoms. The van der Waals surface area contributed by atoms with E-state index < -0.39 is 17.3 Å². The summed E-state index contributed by atoms with van der Waals surface area (Å²) in [6, 6.07) is 0. The molecule has 0 radical (unpaired) electrons. The highest BCUT2D eigenvalue weighted by Gasteiger charge is 2.74. The number of Topliss-reactive ketones (excluding diaryl/α,β-unsaturated/α-hetero) is 1. The quantitative estimate of drug-likeness (QED) is 0.223. The molecule has 1 heterocycles. The maximum absolute atomic E-state index is 14.0. The summed E-state index contributed by atoms with van der Waals surface area (Å²) >= 11 is 1.26. The van der Waals surface area contributed by atoms with Crippen LogP contribution in [0.2, 0.25) is 0 Å². The smallest absolute Gasteiger partial charge is 0.309 e. The van der Waals surface area contributed by atoms with Crippen LogP contribution in [0.5, 0.6) is 0 Å². The van der Waals surface area contributed by atoms with Crippen molar-refractivity contribution in [3.05, 3.63) is 22.2 Å². The summed E-state index contributed by atoms with van der Waals surface area (Å²) in [6.07, 6.45) is 9.55. The van der Waals surface area contributed by atoms with Crippen molar-refractivity contribution in [1.82, 2.24) is 10.3 Å². The number of carboxylic acid groups (broad SMARTS) is 1. The number of carboxylic acids is 1. The van der Waals surface area contributed by atoms with Crippen LogP contribution in [0.15, 0.2) is 16.5 Å². The number of allylic oxidation sites excluding steroid dienone is 2. The first-order valence-electron chi connectivity index (χ1n) is 20.7. The van der Waals surface area contributed by atoms with E-state index in [1.807, 2.05) is 13.8 Å². The van der Waals surface area contributed by atoms with Crippen LogP contribution in [0.4, 0.5) is 5.13 Å². The van der Waals surface area contributed by atoms with Crippen molar-refractivity contribution in [3.63, 3.8) is 0 Å². The van der Waals surface area contributed by atoms with Gasteiger partial charge in [-0.05, 0) is 115 Å². The molecule has 5 fully saturated rings. The van der Waals surface area contributed by atoms with E-state index in [1.165, 1.54) is 16.9 Å². The fourth-order valence-corrected chi connectivity index (χ4v) is 15.1. The normalized spacial score (nSPS) is 41.9. The van der Waals surface area contributed by atoms with Gasteiger partial charge in [-0.25, -0.2) is 4.98 Å². The number of fused-ring (bicyclic) bond motifs is 7. The number of esters is 1. The van der Waals surface area contributed by atoms with Crippen molar-refractivity contribution in [3.8, 4) is 0 Å². The molecule has 0 saturated heterocycles. The SMILES string of the molecule is CC(C)C1=C2[C@H]3CC[C@@]4(C)[C@@](C)(CC[C@H]5C(C)(C)[C@@H](OC(=O)[C@H]6C[C@@H](C(=O)O)C6(C)C)CC[C@@]54C)[C@]3(C)CC[C@@]2(CCNC(=O)c2csc(N)n2)CC1=O. The van der Waals surface area contributed by atoms with Crippen molar-refractivity contribution in [2.75, 3.05) is 12.3 Å². The molecule has 9 nitrogen and oxygen atoms in total. The predicted molar refractivity (Wildman–Crippen MR) is 210 cm³/mol. The highest BCUT2D eigenvalue weighted by Crippen LogP contribution is 2.81. The molecule has 6 aliphatic rings. The van der Waals surface area contributed by atoms with Crippen LogP contribution >= 0.6 is 11.3 Å². The predicted octanol–water partition coefficient (Wildman–Crippen LogP) is 8.87. The standard InChI is InChI=1S/C44H65N3O6S/c1-24(2)32-29(48)22-44(19-20-46-34(49)28-23-54-37(45)47-28)18-17-40(7)25(33(32)44)11-15-43(10)41(8)14-13-31(39(5,6)30(41)12-16-42(40,43)9)53-36(52)27-21-26(35(50)51)38(27,3)4/h23-27,30-31H,11-22H2,1-10H3,(H2,45,47)(H,46,49)(H,50,51)/t25-,26+,27-,30+,31+,40-,41+,42+,43-,44-/m1/s1. The molecule has 1 aromatic heterocycles. The number of amides is 1. The number of hydrogen-bond acceptors (Lipinski definition) is 8. The zero-order valence-electron chi connectivity index (χ0n) is 34.4. The number of aliphatic carboxylic acids is 1. The molecule has 1 amide bonds. The molecule has 10 heteroatoms. The number of carbonyl (C=O) groups excluding carboxylic acids is 3. The lowest BCUT2D eigenvalue weighted by molar-refractivity contribution is -0.278. The van der Waals surface area contributed by atoms with Crippen LogP contribution < -0.4 is 11.1 Å². The molecule has 10 atom stereocenters. The van der Waals surface area contributed by atoms with Crippen LogP contribution in [0.25, 0.3) is 0 Å². The maximum Gasteiger partial charge on any atom is 0.309 e. The number of rotatable bonds is 8. The van der Waals surface area contributed by atoms with Gasteiger partial charge in [0.2, 0.25) is 0 Å². The Morgan fingerprint density at radius 1 is 0.926 bits per heavy atom. The summed E-state index contributed by atoms with van der Waals surface area (Å²) < 4.78 is 6.44. The minimum Gasteiger partial charge on any atom is -0.481 e. The number of anilines is 1. The monoisotopic (exact) mass is 763 g/mol. The van der Waals surface area contributed by atoms with Crippen molar-refractivity contribution < 1.29 is 29.0 Å². The highest BCUT2D eigenvalue weighted by atomic mass is 32.1. The third-order valence-corrected chi connectivity index (χ3v) is 18.9. The Morgan fingerprint density at radius 2 is 1.59 bits per heavy atom. The number of ether oxygens (including phenoxy) is 1. The fraction of sp³-hybridized carbons (Fsp3) is 0.795. The van der Waals surface area contributed by atoms with E-state index in [-0.39, 0.29) is 62.3 Å². The van der Waals surface area contributed by atoms with E-state index in [1.54, 1.807) is 5.38 Å². The molecule has 6 aliphatic carbocycles. The molecular weight excluding hydrogens is 699 g/mol. The molecule has 298 valence electrons. The van der Waals surface area contributed by atoms with Gasteiger partial charge in [0.1, 0.15) is 11.8 Å². The van der Waals surface area contributed by atoms with Gasteiger partial charge in [-0.1, -0.05) is 74.8 Å². The average Bonchev–Trinajstić information content (AvgIpc) is 3.63. The largest absolute Gasteiger partial charge is 0.481 e. The van der Waals surface area contributed by atoms with Gasteiger partial charge < -0.3 is 20.9 Å². The summed E-state index contributed by atoms with van der Waals surface area (Å²) in [5, 5.41) is 14.9. The van der Waals surface area contributed by atoms with Crippen LogP contribution in [-0.4, -0.2) is 46.4 Å². The van der Waals surface area contributed by atoms with Crippen molar-refractivity contribution in [2.24, 2.45) is 67.5 Å². The zero-order valence-corrected chi connectivity index (χ0v) is 35.3. The first-order chi connectivity index (χ1) is 25.0. The first-order valence-corrected chi connectivity index (χ1v) is 21.6. The Morgan fingerprint density at radius 3 is 2.20 bits per heavy atom. The van der Waals surface area contributed by atoms with Crippen LogP contribution in [0, 0.1) is 67.5 Å². The molecule has 0 unspecified atom stereocenters. The van der Waals surface area contributed by atoms with Gasteiger partial charge in [-0.3, -0.25) is 19.2 Å². The molecule has 0 aliphatic heterocycles. The Balaban J connectivity index is 1.15. The summed E-state index contributed by atoms with van der Waals surface area (Å²) in [4.78, 5) is 56.6. The average molecular weight is 764 g/mol. The third-order valence-electron chi connectivity index (χ3n) is 18.3. The van der Waals surface area contributed by atoms with E-state index in [0.717, 1.165) is 63.4 Å². The lowest BCUT2D eigenvalue weighted by Gasteiger charge is -2.76. The number of nitrogens with zero attached hydrogens (tertiary/aromatic N) is 1. The summed E-state index contributed by atoms with van der Waals surface area (Å²) in [5.41, 5.74) is 7.65. The van der Waals surface area contributed by atoms with Crippen molar-refractivity contribution in [1.29, 1.82) is 0 Å². The van der Waals surface area contributed by atoms with E-state index in [2.05, 4.69) is 65.7 Å². The topological polar surface area (TPSA) is 149 Å². The van der Waals surface area contributed by atoms with Gasteiger partial charge >= 0.3 is 11.9 Å². The van der Waals surface area contributed by atoms with Crippen molar-refractivity contribution in [2.45, 2.75) is 146 Å². The number of carbonyl (C=O) groups is 4. The Bertz CT molecular complexity index is 1800. The van der Waals surface area contributed by atoms with Crippen molar-refractivity contribution >= 4 is 40.1 Å². The Labute approximate surface area is 326 Å². The lowest BCUT2D eigenvalue weighted by Crippen LogP contribution is -2.70. The molecule has 54 heavy (non-hydrogen) atoms. The minimum atomic E-state index is -0.831. The van der Waals surface area contributed by atoms with E-state index in [9.17, 15) is 24.3 Å². The van der Waals surface area contributed by atoms with Gasteiger partial charge in [-0.15, -0.1) is 11.3 Å². The number of nitrogens with one attached hydrogen (secondary N) is 1. The van der Waals surface area contributed by atoms with E-state index >= 15 is 0 Å². The highest BCUT2D eigenvalue weighted by molar-refractivity contribution is 7.13. The second-order valence-electron chi connectivity index (χ2n) is 20.9. The molecule has 0 aromatic carbocycles. The number of thiazole rings is 1. The Hall–Kier alpha value is -2.75. The summed E-state index contributed by atoms with van der Waals surface area (Å²) in [5.74, 6) is -1.03. The summed E-state index contributed by atoms with van der Waals surface area (Å²) in [6.45, 7) is 23.6. The summed E-state index contributed by atoms with van der Waals surface area (Å²) in [7, 11) is 0. The lowest BCUT2D eigenvalue weighted by atomic mass is 9.28. The molecule has 5 saturated carbocycles. The van der Waals surface area contributed by atoms with Crippen LogP contribution in [-0.2, 0) is 19.1 Å². The van der Waals surface area contributed by atoms with Gasteiger partial charge in [0.25, 0.3) is 5.91 Å². The third kappa shape index (κ3) is 5.22. The first kappa shape index (κ1) is 39.5. The molecule has 0 spiro atoms. The second-order valence-corrected chi connectivity index (χ2v) is 21.8. The second kappa shape index (κ2) is 12.6. The minimum absolute atomic E-state index is 0.00287. The number of hydrogen-bond donors (Lipinski definition) is 3. The van der Waals surface area contributed by atoms with Gasteiger partial charge in [0.05, 0.1) is 11.8 Å². The number of nitrogen functional groups attached to an aromatic ring is 1. The Kier molecular flexibility index (Phi) is 9.23. The molecule has 1 aromatic rings. The van der Waals surface area contributed by atoms with Crippen LogP contribution in [0.3, 0.4) is 0 Å². The van der Waals surface area contributed by atoms with Gasteiger partial charge in [-0.2, -0.15) is 0 Å². The number of aromatic nitrogens is 1. The molecule has 7 rings (SSSR count). The number of ketones is 1. The van der Waals surface area contributed by atoms with Gasteiger partial charge in [0.15, 0.2) is 10.9 Å². The molecule has 4 N–H and O–H groups in total. The van der Waals surface area contributed by atoms with E-state index in [0.29, 0.717) is 47.8 Å². The van der Waals surface area contributed by atoms with E-state index in [4.69, 9.17) is 10.5 Å². The fourth-order valence-electron chi connectivity index (χ4n) is 14.5. The van der Waals surface area contributed by atoms with Crippen LogP contribution in [0.1, 0.15) is 150 Å². The number of nitrogens with two attached hydrogens (primary N) is 1. The zero-order chi connectivity index (χ0) is 39.6.